The highest BCUT2D eigenvalue weighted by Gasteiger charge is 2.55. The van der Waals surface area contributed by atoms with Crippen LogP contribution in [0.5, 0.6) is 0 Å². The summed E-state index contributed by atoms with van der Waals surface area (Å²) in [5.41, 5.74) is 8.46. The van der Waals surface area contributed by atoms with Crippen LogP contribution in [0.25, 0.3) is 0 Å². The van der Waals surface area contributed by atoms with Crippen molar-refractivity contribution in [3.63, 3.8) is 0 Å². The van der Waals surface area contributed by atoms with Gasteiger partial charge >= 0.3 is 0 Å². The van der Waals surface area contributed by atoms with E-state index < -0.39 is 5.41 Å². The number of aromatic nitrogens is 2. The summed E-state index contributed by atoms with van der Waals surface area (Å²) in [6.07, 6.45) is 5.41. The van der Waals surface area contributed by atoms with Crippen LogP contribution in [0.15, 0.2) is 36.7 Å². The third-order valence-corrected chi connectivity index (χ3v) is 5.95. The molecule has 1 saturated heterocycles. The Morgan fingerprint density at radius 1 is 1.23 bits per heavy atom. The number of rotatable bonds is 4. The maximum atomic E-state index is 13.4. The third-order valence-electron chi connectivity index (χ3n) is 5.95. The first-order valence-corrected chi connectivity index (χ1v) is 9.06. The number of benzene rings is 1. The molecule has 1 aliphatic carbocycles. The van der Waals surface area contributed by atoms with Gasteiger partial charge < -0.3 is 10.6 Å². The molecule has 2 N–H and O–H groups in total. The molecule has 0 spiro atoms. The van der Waals surface area contributed by atoms with Crippen LogP contribution in [0.4, 0.5) is 0 Å². The average molecular weight is 352 g/mol. The largest absolute Gasteiger partial charge is 0.369 e. The molecule has 2 fully saturated rings. The van der Waals surface area contributed by atoms with Crippen molar-refractivity contribution in [3.05, 3.63) is 53.3 Å². The Balaban J connectivity index is 1.61. The molecule has 2 atom stereocenters. The molecular formula is C20H24N4O2. The van der Waals surface area contributed by atoms with Crippen molar-refractivity contribution < 1.29 is 9.59 Å². The van der Waals surface area contributed by atoms with Crippen molar-refractivity contribution in [3.8, 4) is 0 Å². The molecule has 2 aromatic rings. The predicted octanol–water partition coefficient (Wildman–Crippen LogP) is 1.49. The molecule has 2 heterocycles. The third kappa shape index (κ3) is 2.60. The second kappa shape index (κ2) is 5.97. The normalized spacial score (nSPS) is 23.8. The van der Waals surface area contributed by atoms with Crippen LogP contribution in [0, 0.1) is 12.8 Å². The summed E-state index contributed by atoms with van der Waals surface area (Å²) in [5, 5.41) is 4.21. The van der Waals surface area contributed by atoms with Crippen molar-refractivity contribution in [2.45, 2.75) is 31.1 Å². The van der Waals surface area contributed by atoms with Gasteiger partial charge in [0.1, 0.15) is 0 Å². The van der Waals surface area contributed by atoms with Crippen LogP contribution in [0.3, 0.4) is 0 Å². The second-order valence-corrected chi connectivity index (χ2v) is 7.67. The lowest BCUT2D eigenvalue weighted by atomic mass is 9.90. The molecule has 136 valence electrons. The molecule has 1 aromatic heterocycles. The maximum Gasteiger partial charge on any atom is 0.233 e. The molecule has 0 unspecified atom stereocenters. The molecule has 2 aliphatic rings. The van der Waals surface area contributed by atoms with E-state index in [1.54, 1.807) is 10.9 Å². The van der Waals surface area contributed by atoms with Crippen molar-refractivity contribution in [2.75, 3.05) is 13.1 Å². The molecule has 6 heteroatoms. The Kier molecular flexibility index (Phi) is 3.86. The average Bonchev–Trinajstić information content (AvgIpc) is 3.09. The summed E-state index contributed by atoms with van der Waals surface area (Å²) in [4.78, 5) is 27.2. The van der Waals surface area contributed by atoms with Crippen LogP contribution in [0.1, 0.15) is 35.4 Å². The predicted molar refractivity (Wildman–Crippen MR) is 97.3 cm³/mol. The van der Waals surface area contributed by atoms with Crippen molar-refractivity contribution in [2.24, 2.45) is 18.7 Å². The maximum absolute atomic E-state index is 13.4. The van der Waals surface area contributed by atoms with Crippen LogP contribution in [-0.4, -0.2) is 39.6 Å². The first-order valence-electron chi connectivity index (χ1n) is 9.06. The van der Waals surface area contributed by atoms with E-state index in [2.05, 4.69) is 24.2 Å². The standard InChI is InChI=1S/C20H24N4O2/c1-13-5-3-4-6-17(13)20(7-8-20)19(26)24-11-15(16(12-24)18(21)25)14-9-22-23(2)10-14/h3-6,9-10,15-16H,7-8,11-12H2,1-2H3,(H2,21,25)/t15-,16+/m1/s1. The fourth-order valence-electron chi connectivity index (χ4n) is 4.36. The van der Waals surface area contributed by atoms with Gasteiger partial charge in [-0.2, -0.15) is 5.10 Å². The number of likely N-dealkylation sites (tertiary alicyclic amines) is 1. The van der Waals surface area contributed by atoms with Gasteiger partial charge in [0.15, 0.2) is 0 Å². The molecule has 0 radical (unpaired) electrons. The van der Waals surface area contributed by atoms with Gasteiger partial charge in [-0.3, -0.25) is 14.3 Å². The molecule has 1 aromatic carbocycles. The summed E-state index contributed by atoms with van der Waals surface area (Å²) in [6, 6.07) is 8.10. The second-order valence-electron chi connectivity index (χ2n) is 7.67. The molecule has 1 saturated carbocycles. The highest BCUT2D eigenvalue weighted by atomic mass is 16.2. The fourth-order valence-corrected chi connectivity index (χ4v) is 4.36. The summed E-state index contributed by atoms with van der Waals surface area (Å²) in [5.74, 6) is -0.673. The zero-order valence-corrected chi connectivity index (χ0v) is 15.2. The number of carbonyl (C=O) groups excluding carboxylic acids is 2. The van der Waals surface area contributed by atoms with Crippen molar-refractivity contribution >= 4 is 11.8 Å². The Morgan fingerprint density at radius 3 is 2.54 bits per heavy atom. The summed E-state index contributed by atoms with van der Waals surface area (Å²) in [6.45, 7) is 2.96. The van der Waals surface area contributed by atoms with Gasteiger partial charge in [-0.1, -0.05) is 24.3 Å². The van der Waals surface area contributed by atoms with E-state index in [1.165, 1.54) is 0 Å². The molecule has 4 rings (SSSR count). The first kappa shape index (κ1) is 16.8. The summed E-state index contributed by atoms with van der Waals surface area (Å²) in [7, 11) is 1.85. The SMILES string of the molecule is Cc1ccccc1C1(C(=O)N2C[C@H](C(N)=O)[C@@H](c3cnn(C)c3)C2)CC1. The number of primary amides is 1. The Bertz CT molecular complexity index is 868. The number of aryl methyl sites for hydroxylation is 2. The highest BCUT2D eigenvalue weighted by Crippen LogP contribution is 2.51. The van der Waals surface area contributed by atoms with E-state index in [1.807, 2.05) is 30.3 Å². The lowest BCUT2D eigenvalue weighted by molar-refractivity contribution is -0.133. The Morgan fingerprint density at radius 2 is 1.96 bits per heavy atom. The van der Waals surface area contributed by atoms with Crippen molar-refractivity contribution in [1.29, 1.82) is 0 Å². The quantitative estimate of drug-likeness (QED) is 0.905. The number of hydrogen-bond donors (Lipinski definition) is 1. The first-order chi connectivity index (χ1) is 12.4. The van der Waals surface area contributed by atoms with Crippen LogP contribution in [-0.2, 0) is 22.1 Å². The van der Waals surface area contributed by atoms with E-state index >= 15 is 0 Å². The minimum Gasteiger partial charge on any atom is -0.369 e. The zero-order valence-electron chi connectivity index (χ0n) is 15.2. The van der Waals surface area contributed by atoms with E-state index in [0.29, 0.717) is 13.1 Å². The lowest BCUT2D eigenvalue weighted by Gasteiger charge is -2.24. The number of amides is 2. The lowest BCUT2D eigenvalue weighted by Crippen LogP contribution is -2.39. The smallest absolute Gasteiger partial charge is 0.233 e. The van der Waals surface area contributed by atoms with Crippen LogP contribution in [0.2, 0.25) is 0 Å². The monoisotopic (exact) mass is 352 g/mol. The summed E-state index contributed by atoms with van der Waals surface area (Å²) < 4.78 is 1.72. The minimum atomic E-state index is -0.419. The Hall–Kier alpha value is -2.63. The van der Waals surface area contributed by atoms with Gasteiger partial charge in [-0.25, -0.2) is 0 Å². The van der Waals surface area contributed by atoms with Gasteiger partial charge in [0.25, 0.3) is 0 Å². The summed E-state index contributed by atoms with van der Waals surface area (Å²) >= 11 is 0. The van der Waals surface area contributed by atoms with Gasteiger partial charge in [0.2, 0.25) is 11.8 Å². The highest BCUT2D eigenvalue weighted by molar-refractivity contribution is 5.93. The Labute approximate surface area is 153 Å². The van der Waals surface area contributed by atoms with E-state index in [9.17, 15) is 9.59 Å². The van der Waals surface area contributed by atoms with Crippen LogP contribution >= 0.6 is 0 Å². The van der Waals surface area contributed by atoms with E-state index in [0.717, 1.165) is 29.5 Å². The van der Waals surface area contributed by atoms with Crippen LogP contribution < -0.4 is 5.73 Å². The van der Waals surface area contributed by atoms with Crippen molar-refractivity contribution in [1.82, 2.24) is 14.7 Å². The molecule has 1 aliphatic heterocycles. The zero-order chi connectivity index (χ0) is 18.5. The van der Waals surface area contributed by atoms with Gasteiger partial charge in [0.05, 0.1) is 17.5 Å². The molecular weight excluding hydrogens is 328 g/mol. The number of nitrogens with two attached hydrogens (primary N) is 1. The van der Waals surface area contributed by atoms with E-state index in [4.69, 9.17) is 5.73 Å². The van der Waals surface area contributed by atoms with Gasteiger partial charge in [-0.15, -0.1) is 0 Å². The fraction of sp³-hybridized carbons (Fsp3) is 0.450. The van der Waals surface area contributed by atoms with Gasteiger partial charge in [-0.05, 0) is 36.5 Å². The molecule has 26 heavy (non-hydrogen) atoms. The van der Waals surface area contributed by atoms with E-state index in [-0.39, 0.29) is 23.7 Å². The topological polar surface area (TPSA) is 81.2 Å². The number of carbonyl (C=O) groups is 2. The van der Waals surface area contributed by atoms with Gasteiger partial charge in [0, 0.05) is 32.3 Å². The molecule has 2 amide bonds. The minimum absolute atomic E-state index is 0.0854. The number of nitrogens with zero attached hydrogens (tertiary/aromatic N) is 3. The number of hydrogen-bond acceptors (Lipinski definition) is 3. The molecule has 0 bridgehead atoms. The molecule has 6 nitrogen and oxygen atoms in total.